The van der Waals surface area contributed by atoms with Crippen LogP contribution >= 0.6 is 0 Å². The lowest BCUT2D eigenvalue weighted by Crippen LogP contribution is -2.15. The smallest absolute Gasteiger partial charge is 0.433 e. The molecule has 0 aromatic carbocycles. The van der Waals surface area contributed by atoms with Gasteiger partial charge in [0.25, 0.3) is 0 Å². The Hall–Kier alpha value is -2.05. The maximum atomic E-state index is 12.6. The van der Waals surface area contributed by atoms with Crippen molar-refractivity contribution in [3.63, 3.8) is 0 Å². The first-order valence-electron chi connectivity index (χ1n) is 5.90. The highest BCUT2D eigenvalue weighted by atomic mass is 19.4. The molecule has 0 aliphatic heterocycles. The quantitative estimate of drug-likeness (QED) is 0.844. The summed E-state index contributed by atoms with van der Waals surface area (Å²) in [6.07, 6.45) is -2.37. The van der Waals surface area contributed by atoms with Gasteiger partial charge in [-0.3, -0.25) is 0 Å². The molecule has 1 rings (SSSR count). The van der Waals surface area contributed by atoms with Crippen LogP contribution < -0.4 is 4.74 Å². The van der Waals surface area contributed by atoms with E-state index in [0.29, 0.717) is 6.42 Å². The van der Waals surface area contributed by atoms with Crippen LogP contribution in [0, 0.1) is 0 Å². The number of halogens is 3. The summed E-state index contributed by atoms with van der Waals surface area (Å²) >= 11 is 0. The average Bonchev–Trinajstić information content (AvgIpc) is 2.35. The first-order valence-corrected chi connectivity index (χ1v) is 5.90. The molecule has 0 aliphatic carbocycles. The number of alkyl halides is 3. The van der Waals surface area contributed by atoms with Crippen LogP contribution in [-0.2, 0) is 11.0 Å². The Kier molecular flexibility index (Phi) is 5.12. The molecule has 0 saturated heterocycles. The first-order chi connectivity index (χ1) is 9.24. The van der Waals surface area contributed by atoms with E-state index >= 15 is 0 Å². The maximum absolute atomic E-state index is 12.6. The Labute approximate surface area is 113 Å². The van der Waals surface area contributed by atoms with Gasteiger partial charge in [-0.1, -0.05) is 6.92 Å². The van der Waals surface area contributed by atoms with Crippen molar-refractivity contribution in [1.82, 2.24) is 4.98 Å². The van der Waals surface area contributed by atoms with Gasteiger partial charge in [-0.25, -0.2) is 9.78 Å². The maximum Gasteiger partial charge on any atom is 0.433 e. The lowest BCUT2D eigenvalue weighted by Gasteiger charge is -2.15. The minimum atomic E-state index is -4.58. The van der Waals surface area contributed by atoms with Gasteiger partial charge in [0, 0.05) is 11.6 Å². The minimum Gasteiger partial charge on any atom is -0.478 e. The van der Waals surface area contributed by atoms with E-state index in [2.05, 4.69) is 4.98 Å². The summed E-state index contributed by atoms with van der Waals surface area (Å²) in [6.45, 7) is 3.50. The van der Waals surface area contributed by atoms with Crippen LogP contribution in [0.3, 0.4) is 0 Å². The molecule has 110 valence electrons. The standard InChI is InChI=1S/C13H14F3NO3/c1-3-8(2)20-12-9(5-7-11(18)19)4-6-10(17-12)13(14,15)16/h4-8H,3H2,1-2H3,(H,18,19)/b7-5+. The van der Waals surface area contributed by atoms with Gasteiger partial charge in [-0.2, -0.15) is 13.2 Å². The highest BCUT2D eigenvalue weighted by Crippen LogP contribution is 2.31. The predicted octanol–water partition coefficient (Wildman–Crippen LogP) is 3.38. The van der Waals surface area contributed by atoms with Crippen molar-refractivity contribution in [3.8, 4) is 5.88 Å². The van der Waals surface area contributed by atoms with Gasteiger partial charge in [0.2, 0.25) is 5.88 Å². The van der Waals surface area contributed by atoms with Crippen molar-refractivity contribution < 1.29 is 27.8 Å². The zero-order valence-corrected chi connectivity index (χ0v) is 10.9. The van der Waals surface area contributed by atoms with Crippen LogP contribution in [0.2, 0.25) is 0 Å². The number of carbonyl (C=O) groups is 1. The second-order valence-corrected chi connectivity index (χ2v) is 4.10. The molecule has 0 saturated carbocycles. The Morgan fingerprint density at radius 1 is 1.50 bits per heavy atom. The molecular weight excluding hydrogens is 275 g/mol. The fourth-order valence-corrected chi connectivity index (χ4v) is 1.27. The van der Waals surface area contributed by atoms with Crippen molar-refractivity contribution in [2.45, 2.75) is 32.5 Å². The third kappa shape index (κ3) is 4.56. The number of carboxylic acid groups (broad SMARTS) is 1. The molecule has 20 heavy (non-hydrogen) atoms. The molecule has 0 aliphatic rings. The molecule has 1 unspecified atom stereocenters. The molecule has 0 fully saturated rings. The molecule has 7 heteroatoms. The molecule has 1 heterocycles. The number of rotatable bonds is 5. The zero-order valence-electron chi connectivity index (χ0n) is 10.9. The summed E-state index contributed by atoms with van der Waals surface area (Å²) in [5, 5.41) is 8.55. The number of aromatic nitrogens is 1. The highest BCUT2D eigenvalue weighted by molar-refractivity contribution is 5.85. The van der Waals surface area contributed by atoms with E-state index in [9.17, 15) is 18.0 Å². The summed E-state index contributed by atoms with van der Waals surface area (Å²) in [5.74, 6) is -1.44. The van der Waals surface area contributed by atoms with Crippen LogP contribution in [0.15, 0.2) is 18.2 Å². The summed E-state index contributed by atoms with van der Waals surface area (Å²) in [7, 11) is 0. The van der Waals surface area contributed by atoms with Crippen molar-refractivity contribution in [1.29, 1.82) is 0 Å². The number of ether oxygens (including phenoxy) is 1. The fourth-order valence-electron chi connectivity index (χ4n) is 1.27. The Morgan fingerprint density at radius 2 is 2.15 bits per heavy atom. The highest BCUT2D eigenvalue weighted by Gasteiger charge is 2.33. The topological polar surface area (TPSA) is 59.4 Å². The number of carboxylic acids is 1. The molecule has 0 spiro atoms. The summed E-state index contributed by atoms with van der Waals surface area (Å²) in [4.78, 5) is 13.9. The van der Waals surface area contributed by atoms with Crippen molar-refractivity contribution in [3.05, 3.63) is 29.5 Å². The van der Waals surface area contributed by atoms with Gasteiger partial charge in [-0.15, -0.1) is 0 Å². The molecule has 0 bridgehead atoms. The molecule has 1 atom stereocenters. The summed E-state index contributed by atoms with van der Waals surface area (Å²) in [6, 6.07) is 1.91. The summed E-state index contributed by atoms with van der Waals surface area (Å²) < 4.78 is 43.1. The second-order valence-electron chi connectivity index (χ2n) is 4.10. The van der Waals surface area contributed by atoms with Gasteiger partial charge >= 0.3 is 12.1 Å². The second kappa shape index (κ2) is 6.40. The molecule has 1 N–H and O–H groups in total. The molecule has 0 amide bonds. The Morgan fingerprint density at radius 3 is 2.65 bits per heavy atom. The van der Waals surface area contributed by atoms with E-state index < -0.39 is 17.8 Å². The van der Waals surface area contributed by atoms with Gasteiger partial charge in [0.15, 0.2) is 0 Å². The normalized spacial score (nSPS) is 13.4. The minimum absolute atomic E-state index is 0.181. The van der Waals surface area contributed by atoms with E-state index in [1.54, 1.807) is 6.92 Å². The van der Waals surface area contributed by atoms with Crippen LogP contribution in [0.1, 0.15) is 31.5 Å². The van der Waals surface area contributed by atoms with E-state index in [1.807, 2.05) is 6.92 Å². The van der Waals surface area contributed by atoms with Crippen molar-refractivity contribution in [2.75, 3.05) is 0 Å². The van der Waals surface area contributed by atoms with E-state index in [0.717, 1.165) is 24.3 Å². The van der Waals surface area contributed by atoms with E-state index in [4.69, 9.17) is 9.84 Å². The van der Waals surface area contributed by atoms with Crippen molar-refractivity contribution >= 4 is 12.0 Å². The van der Waals surface area contributed by atoms with Crippen LogP contribution in [-0.4, -0.2) is 22.2 Å². The average molecular weight is 289 g/mol. The predicted molar refractivity (Wildman–Crippen MR) is 66.3 cm³/mol. The third-order valence-corrected chi connectivity index (χ3v) is 2.47. The zero-order chi connectivity index (χ0) is 15.3. The van der Waals surface area contributed by atoms with E-state index in [1.165, 1.54) is 0 Å². The Bertz CT molecular complexity index is 512. The molecule has 0 radical (unpaired) electrons. The lowest BCUT2D eigenvalue weighted by atomic mass is 10.2. The molecular formula is C13H14F3NO3. The lowest BCUT2D eigenvalue weighted by molar-refractivity contribution is -0.141. The largest absolute Gasteiger partial charge is 0.478 e. The number of hydrogen-bond donors (Lipinski definition) is 1. The Balaban J connectivity index is 3.19. The van der Waals surface area contributed by atoms with Crippen molar-refractivity contribution in [2.24, 2.45) is 0 Å². The number of pyridine rings is 1. The van der Waals surface area contributed by atoms with Gasteiger partial charge in [-0.05, 0) is 31.6 Å². The number of nitrogens with zero attached hydrogens (tertiary/aromatic N) is 1. The molecule has 1 aromatic rings. The molecule has 4 nitrogen and oxygen atoms in total. The monoisotopic (exact) mass is 289 g/mol. The van der Waals surface area contributed by atoms with Gasteiger partial charge in [0.05, 0.1) is 6.10 Å². The van der Waals surface area contributed by atoms with Gasteiger partial charge < -0.3 is 9.84 Å². The summed E-state index contributed by atoms with van der Waals surface area (Å²) in [5.41, 5.74) is -0.899. The van der Waals surface area contributed by atoms with Gasteiger partial charge in [0.1, 0.15) is 5.69 Å². The number of aliphatic carboxylic acids is 1. The van der Waals surface area contributed by atoms with Crippen LogP contribution in [0.5, 0.6) is 5.88 Å². The third-order valence-electron chi connectivity index (χ3n) is 2.47. The number of hydrogen-bond acceptors (Lipinski definition) is 3. The van der Waals surface area contributed by atoms with Crippen LogP contribution in [0.25, 0.3) is 6.08 Å². The SMILES string of the molecule is CCC(C)Oc1nc(C(F)(F)F)ccc1/C=C/C(=O)O. The fraction of sp³-hybridized carbons (Fsp3) is 0.385. The molecule has 1 aromatic heterocycles. The van der Waals surface area contributed by atoms with E-state index in [-0.39, 0.29) is 17.5 Å². The first kappa shape index (κ1) is 16.0. The van der Waals surface area contributed by atoms with Crippen LogP contribution in [0.4, 0.5) is 13.2 Å².